The average molecular weight is 245 g/mol. The zero-order valence-electron chi connectivity index (χ0n) is 9.73. The molecule has 2 N–H and O–H groups in total. The SMILES string of the molecule is CSC(C)C(=O)NC1CCCC(C(=O)O)C1. The van der Waals surface area contributed by atoms with Crippen molar-refractivity contribution in [1.82, 2.24) is 5.32 Å². The normalized spacial score (nSPS) is 27.1. The van der Waals surface area contributed by atoms with E-state index < -0.39 is 5.97 Å². The molecular formula is C11H19NO3S. The summed E-state index contributed by atoms with van der Waals surface area (Å²) in [5.74, 6) is -1.01. The maximum atomic E-state index is 11.6. The predicted molar refractivity (Wildman–Crippen MR) is 64.5 cm³/mol. The van der Waals surface area contributed by atoms with Crippen molar-refractivity contribution in [3.63, 3.8) is 0 Å². The first-order valence-electron chi connectivity index (χ1n) is 5.60. The molecule has 3 atom stereocenters. The second-order valence-electron chi connectivity index (χ2n) is 4.29. The summed E-state index contributed by atoms with van der Waals surface area (Å²) in [5, 5.41) is 11.8. The van der Waals surface area contributed by atoms with Crippen molar-refractivity contribution in [3.8, 4) is 0 Å². The molecule has 4 nitrogen and oxygen atoms in total. The second-order valence-corrected chi connectivity index (χ2v) is 5.46. The average Bonchev–Trinajstić information content (AvgIpc) is 2.28. The zero-order chi connectivity index (χ0) is 12.1. The van der Waals surface area contributed by atoms with Crippen molar-refractivity contribution in [2.75, 3.05) is 6.26 Å². The van der Waals surface area contributed by atoms with Crippen LogP contribution >= 0.6 is 11.8 Å². The van der Waals surface area contributed by atoms with Crippen molar-refractivity contribution in [2.24, 2.45) is 5.92 Å². The zero-order valence-corrected chi connectivity index (χ0v) is 10.5. The largest absolute Gasteiger partial charge is 0.481 e. The Kier molecular flexibility index (Phi) is 5.12. The molecule has 1 rings (SSSR count). The minimum Gasteiger partial charge on any atom is -0.481 e. The molecule has 1 fully saturated rings. The van der Waals surface area contributed by atoms with E-state index in [0.29, 0.717) is 6.42 Å². The lowest BCUT2D eigenvalue weighted by Gasteiger charge is -2.28. The van der Waals surface area contributed by atoms with Crippen LogP contribution < -0.4 is 5.32 Å². The molecule has 0 aromatic carbocycles. The van der Waals surface area contributed by atoms with E-state index in [1.165, 1.54) is 11.8 Å². The number of nitrogens with one attached hydrogen (secondary N) is 1. The molecular weight excluding hydrogens is 226 g/mol. The summed E-state index contributed by atoms with van der Waals surface area (Å²) >= 11 is 1.50. The molecule has 0 spiro atoms. The minimum atomic E-state index is -0.739. The summed E-state index contributed by atoms with van der Waals surface area (Å²) in [5.41, 5.74) is 0. The Labute approximate surface area is 100 Å². The van der Waals surface area contributed by atoms with Gasteiger partial charge < -0.3 is 10.4 Å². The number of amides is 1. The van der Waals surface area contributed by atoms with E-state index in [4.69, 9.17) is 5.11 Å². The third-order valence-corrected chi connectivity index (χ3v) is 4.01. The minimum absolute atomic E-state index is 0.0172. The Bertz CT molecular complexity index is 270. The van der Waals surface area contributed by atoms with E-state index in [0.717, 1.165) is 19.3 Å². The van der Waals surface area contributed by atoms with Gasteiger partial charge in [0, 0.05) is 6.04 Å². The fourth-order valence-electron chi connectivity index (χ4n) is 1.97. The number of carbonyl (C=O) groups excluding carboxylic acids is 1. The number of hydrogen-bond donors (Lipinski definition) is 2. The predicted octanol–water partition coefficient (Wildman–Crippen LogP) is 1.50. The lowest BCUT2D eigenvalue weighted by Crippen LogP contribution is -2.42. The first-order valence-corrected chi connectivity index (χ1v) is 6.89. The fourth-order valence-corrected chi connectivity index (χ4v) is 2.25. The van der Waals surface area contributed by atoms with Gasteiger partial charge in [0.1, 0.15) is 0 Å². The molecule has 0 aromatic rings. The van der Waals surface area contributed by atoms with Gasteiger partial charge >= 0.3 is 5.97 Å². The molecule has 5 heteroatoms. The highest BCUT2D eigenvalue weighted by Gasteiger charge is 2.28. The summed E-state index contributed by atoms with van der Waals surface area (Å²) in [6.07, 6.45) is 4.99. The van der Waals surface area contributed by atoms with Gasteiger partial charge in [0.15, 0.2) is 0 Å². The van der Waals surface area contributed by atoms with Crippen LogP contribution in [0.3, 0.4) is 0 Å². The van der Waals surface area contributed by atoms with Crippen LogP contribution in [0.25, 0.3) is 0 Å². The highest BCUT2D eigenvalue weighted by molar-refractivity contribution is 7.99. The number of rotatable bonds is 4. The first kappa shape index (κ1) is 13.4. The number of hydrogen-bond acceptors (Lipinski definition) is 3. The van der Waals surface area contributed by atoms with Crippen LogP contribution in [-0.4, -0.2) is 34.5 Å². The third-order valence-electron chi connectivity index (χ3n) is 3.09. The van der Waals surface area contributed by atoms with E-state index in [1.54, 1.807) is 0 Å². The number of aliphatic carboxylic acids is 1. The summed E-state index contributed by atoms with van der Waals surface area (Å²) in [7, 11) is 0. The van der Waals surface area contributed by atoms with Gasteiger partial charge in [-0.2, -0.15) is 11.8 Å². The molecule has 0 aromatic heterocycles. The van der Waals surface area contributed by atoms with E-state index in [9.17, 15) is 9.59 Å². The van der Waals surface area contributed by atoms with Gasteiger partial charge in [0.05, 0.1) is 11.2 Å². The molecule has 92 valence electrons. The Morgan fingerprint density at radius 3 is 2.69 bits per heavy atom. The van der Waals surface area contributed by atoms with Gasteiger partial charge in [0.2, 0.25) is 5.91 Å². The van der Waals surface area contributed by atoms with E-state index in [1.807, 2.05) is 13.2 Å². The standard InChI is InChI=1S/C11H19NO3S/c1-7(16-2)10(13)12-9-5-3-4-8(6-9)11(14)15/h7-9H,3-6H2,1-2H3,(H,12,13)(H,14,15). The molecule has 0 aliphatic heterocycles. The smallest absolute Gasteiger partial charge is 0.306 e. The first-order chi connectivity index (χ1) is 7.54. The van der Waals surface area contributed by atoms with E-state index in [2.05, 4.69) is 5.32 Å². The van der Waals surface area contributed by atoms with Crippen LogP contribution in [0.5, 0.6) is 0 Å². The fraction of sp³-hybridized carbons (Fsp3) is 0.818. The summed E-state index contributed by atoms with van der Waals surface area (Å²) in [4.78, 5) is 22.5. The quantitative estimate of drug-likeness (QED) is 0.787. The van der Waals surface area contributed by atoms with E-state index >= 15 is 0 Å². The van der Waals surface area contributed by atoms with Crippen LogP contribution in [0.2, 0.25) is 0 Å². The molecule has 16 heavy (non-hydrogen) atoms. The van der Waals surface area contributed by atoms with Crippen molar-refractivity contribution in [1.29, 1.82) is 0 Å². The Hall–Kier alpha value is -0.710. The number of thioether (sulfide) groups is 1. The number of carbonyl (C=O) groups is 2. The molecule has 3 unspecified atom stereocenters. The van der Waals surface area contributed by atoms with Gasteiger partial charge in [-0.3, -0.25) is 9.59 Å². The van der Waals surface area contributed by atoms with Gasteiger partial charge in [0.25, 0.3) is 0 Å². The van der Waals surface area contributed by atoms with Crippen LogP contribution in [0, 0.1) is 5.92 Å². The Morgan fingerprint density at radius 1 is 1.44 bits per heavy atom. The molecule has 1 saturated carbocycles. The Balaban J connectivity index is 2.43. The van der Waals surface area contributed by atoms with Crippen molar-refractivity contribution >= 4 is 23.6 Å². The summed E-state index contributed by atoms with van der Waals surface area (Å²) in [6, 6.07) is 0.0388. The number of carboxylic acid groups (broad SMARTS) is 1. The maximum absolute atomic E-state index is 11.6. The molecule has 0 saturated heterocycles. The highest BCUT2D eigenvalue weighted by Crippen LogP contribution is 2.24. The second kappa shape index (κ2) is 6.13. The number of carboxylic acids is 1. The monoisotopic (exact) mass is 245 g/mol. The lowest BCUT2D eigenvalue weighted by atomic mass is 9.86. The topological polar surface area (TPSA) is 66.4 Å². The van der Waals surface area contributed by atoms with Crippen LogP contribution in [0.15, 0.2) is 0 Å². The summed E-state index contributed by atoms with van der Waals surface area (Å²) in [6.45, 7) is 1.86. The molecule has 1 amide bonds. The third kappa shape index (κ3) is 3.70. The lowest BCUT2D eigenvalue weighted by molar-refractivity contribution is -0.143. The van der Waals surface area contributed by atoms with Crippen molar-refractivity contribution < 1.29 is 14.7 Å². The van der Waals surface area contributed by atoms with Gasteiger partial charge in [-0.05, 0) is 32.4 Å². The van der Waals surface area contributed by atoms with E-state index in [-0.39, 0.29) is 23.1 Å². The van der Waals surface area contributed by atoms with Crippen molar-refractivity contribution in [2.45, 2.75) is 43.9 Å². The summed E-state index contributed by atoms with van der Waals surface area (Å²) < 4.78 is 0. The van der Waals surface area contributed by atoms with Gasteiger partial charge in [-0.15, -0.1) is 0 Å². The van der Waals surface area contributed by atoms with Gasteiger partial charge in [-0.1, -0.05) is 6.42 Å². The molecule has 0 radical (unpaired) electrons. The van der Waals surface area contributed by atoms with Crippen LogP contribution in [0.1, 0.15) is 32.6 Å². The highest BCUT2D eigenvalue weighted by atomic mass is 32.2. The molecule has 0 bridgehead atoms. The van der Waals surface area contributed by atoms with Crippen molar-refractivity contribution in [3.05, 3.63) is 0 Å². The van der Waals surface area contributed by atoms with Crippen LogP contribution in [0.4, 0.5) is 0 Å². The molecule has 1 aliphatic rings. The molecule has 0 heterocycles. The Morgan fingerprint density at radius 2 is 2.12 bits per heavy atom. The van der Waals surface area contributed by atoms with Crippen LogP contribution in [-0.2, 0) is 9.59 Å². The van der Waals surface area contributed by atoms with Gasteiger partial charge in [-0.25, -0.2) is 0 Å². The maximum Gasteiger partial charge on any atom is 0.306 e. The molecule has 1 aliphatic carbocycles.